The number of nitrogens with zero attached hydrogens (tertiary/aromatic N) is 1. The number of carbonyl (C=O) groups excluding carboxylic acids is 2. The number of rotatable bonds is 7. The molecule has 0 aromatic heterocycles. The zero-order valence-electron chi connectivity index (χ0n) is 17.7. The van der Waals surface area contributed by atoms with Crippen molar-refractivity contribution in [3.8, 4) is 0 Å². The van der Waals surface area contributed by atoms with E-state index in [0.717, 1.165) is 5.56 Å². The third kappa shape index (κ3) is 5.51. The normalized spacial score (nSPS) is 19.1. The van der Waals surface area contributed by atoms with Crippen LogP contribution in [0.2, 0.25) is 0 Å². The second kappa shape index (κ2) is 10.1. The summed E-state index contributed by atoms with van der Waals surface area (Å²) in [7, 11) is -0.891. The van der Waals surface area contributed by atoms with Crippen molar-refractivity contribution in [3.05, 3.63) is 65.7 Å². The van der Waals surface area contributed by atoms with Gasteiger partial charge in [0.1, 0.15) is 6.61 Å². The van der Waals surface area contributed by atoms with Crippen LogP contribution in [0.4, 0.5) is 0 Å². The quantitative estimate of drug-likeness (QED) is 0.607. The van der Waals surface area contributed by atoms with Gasteiger partial charge in [0.2, 0.25) is 10.0 Å². The minimum atomic E-state index is -3.80. The first-order valence-electron chi connectivity index (χ1n) is 10.2. The molecule has 1 aliphatic rings. The van der Waals surface area contributed by atoms with E-state index in [2.05, 4.69) is 0 Å². The molecule has 1 saturated carbocycles. The van der Waals surface area contributed by atoms with Crippen molar-refractivity contribution in [1.82, 2.24) is 4.31 Å². The summed E-state index contributed by atoms with van der Waals surface area (Å²) in [6.45, 7) is 0.111. The molecular formula is C23H27NO6S. The van der Waals surface area contributed by atoms with Crippen LogP contribution >= 0.6 is 0 Å². The molecule has 0 saturated heterocycles. The highest BCUT2D eigenvalue weighted by atomic mass is 32.2. The number of hydrogen-bond acceptors (Lipinski definition) is 6. The summed E-state index contributed by atoms with van der Waals surface area (Å²) >= 11 is 0. The number of methoxy groups -OCH3 is 1. The molecular weight excluding hydrogens is 418 g/mol. The van der Waals surface area contributed by atoms with Crippen molar-refractivity contribution in [1.29, 1.82) is 0 Å². The van der Waals surface area contributed by atoms with Gasteiger partial charge in [-0.2, -0.15) is 4.31 Å². The fourth-order valence-corrected chi connectivity index (χ4v) is 5.26. The molecule has 7 nitrogen and oxygen atoms in total. The molecule has 31 heavy (non-hydrogen) atoms. The molecule has 0 aliphatic heterocycles. The van der Waals surface area contributed by atoms with Gasteiger partial charge >= 0.3 is 11.9 Å². The van der Waals surface area contributed by atoms with Crippen molar-refractivity contribution in [2.45, 2.75) is 43.2 Å². The summed E-state index contributed by atoms with van der Waals surface area (Å²) in [4.78, 5) is 24.2. The summed E-state index contributed by atoms with van der Waals surface area (Å²) in [5.41, 5.74) is 1.03. The van der Waals surface area contributed by atoms with Crippen molar-refractivity contribution in [2.24, 2.45) is 5.92 Å². The topological polar surface area (TPSA) is 90.0 Å². The van der Waals surface area contributed by atoms with Crippen LogP contribution in [0.25, 0.3) is 0 Å². The first-order valence-corrected chi connectivity index (χ1v) is 11.6. The summed E-state index contributed by atoms with van der Waals surface area (Å²) < 4.78 is 37.7. The molecule has 0 atom stereocenters. The largest absolute Gasteiger partial charge is 0.469 e. The second-order valence-electron chi connectivity index (χ2n) is 7.64. The van der Waals surface area contributed by atoms with Crippen molar-refractivity contribution in [3.63, 3.8) is 0 Å². The zero-order chi connectivity index (χ0) is 22.4. The molecule has 2 aromatic rings. The van der Waals surface area contributed by atoms with Crippen molar-refractivity contribution >= 4 is 22.0 Å². The molecule has 0 spiro atoms. The smallest absolute Gasteiger partial charge is 0.338 e. The summed E-state index contributed by atoms with van der Waals surface area (Å²) in [5, 5.41) is 0. The lowest BCUT2D eigenvalue weighted by atomic mass is 9.86. The average molecular weight is 446 g/mol. The lowest BCUT2D eigenvalue weighted by Crippen LogP contribution is -2.40. The lowest BCUT2D eigenvalue weighted by molar-refractivity contribution is -0.146. The Morgan fingerprint density at radius 3 is 2.32 bits per heavy atom. The van der Waals surface area contributed by atoms with Gasteiger partial charge < -0.3 is 9.47 Å². The number of ether oxygens (including phenoxy) is 2. The van der Waals surface area contributed by atoms with Crippen LogP contribution in [0.1, 0.15) is 41.6 Å². The van der Waals surface area contributed by atoms with Gasteiger partial charge in [0.25, 0.3) is 0 Å². The number of hydrogen-bond donors (Lipinski definition) is 0. The molecule has 1 aliphatic carbocycles. The van der Waals surface area contributed by atoms with Crippen LogP contribution in [-0.2, 0) is 30.9 Å². The standard InChI is InChI=1S/C23H27NO6S/c1-24(20-13-11-18(12-14-20)22(25)29-2)31(27,28)21-10-6-9-19(15-21)23(26)30-16-17-7-4-3-5-8-17/h3-10,15,18,20H,11-14,16H2,1-2H3. The number of benzene rings is 2. The molecule has 1 fully saturated rings. The lowest BCUT2D eigenvalue weighted by Gasteiger charge is -2.33. The molecule has 0 unspecified atom stereocenters. The van der Waals surface area contributed by atoms with E-state index in [1.165, 1.54) is 35.7 Å². The Balaban J connectivity index is 1.67. The van der Waals surface area contributed by atoms with Crippen LogP contribution in [0, 0.1) is 5.92 Å². The van der Waals surface area contributed by atoms with E-state index in [-0.39, 0.29) is 35.0 Å². The Kier molecular flexibility index (Phi) is 7.46. The van der Waals surface area contributed by atoms with E-state index in [1.807, 2.05) is 30.3 Å². The maximum atomic E-state index is 13.1. The molecule has 8 heteroatoms. The van der Waals surface area contributed by atoms with E-state index < -0.39 is 16.0 Å². The molecule has 3 rings (SSSR count). The third-order valence-electron chi connectivity index (χ3n) is 5.70. The predicted molar refractivity (Wildman–Crippen MR) is 115 cm³/mol. The van der Waals surface area contributed by atoms with Gasteiger partial charge in [-0.05, 0) is 49.4 Å². The number of esters is 2. The average Bonchev–Trinajstić information content (AvgIpc) is 2.82. The first kappa shape index (κ1) is 23.0. The Morgan fingerprint density at radius 1 is 1.00 bits per heavy atom. The molecule has 0 amide bonds. The van der Waals surface area contributed by atoms with Crippen LogP contribution < -0.4 is 0 Å². The van der Waals surface area contributed by atoms with Crippen molar-refractivity contribution < 1.29 is 27.5 Å². The Labute approximate surface area is 183 Å². The van der Waals surface area contributed by atoms with E-state index in [4.69, 9.17) is 9.47 Å². The van der Waals surface area contributed by atoms with Crippen LogP contribution in [-0.4, -0.2) is 44.9 Å². The molecule has 166 valence electrons. The Hall–Kier alpha value is -2.71. The van der Waals surface area contributed by atoms with Crippen LogP contribution in [0.15, 0.2) is 59.5 Å². The maximum absolute atomic E-state index is 13.1. The summed E-state index contributed by atoms with van der Waals surface area (Å²) in [6.07, 6.45) is 2.33. The summed E-state index contributed by atoms with van der Waals surface area (Å²) in [5.74, 6) is -1.01. The van der Waals surface area contributed by atoms with Gasteiger partial charge in [-0.15, -0.1) is 0 Å². The highest BCUT2D eigenvalue weighted by Gasteiger charge is 2.34. The minimum absolute atomic E-state index is 0.0410. The molecule has 0 bridgehead atoms. The predicted octanol–water partition coefficient (Wildman–Crippen LogP) is 3.40. The monoisotopic (exact) mass is 445 g/mol. The maximum Gasteiger partial charge on any atom is 0.338 e. The molecule has 0 radical (unpaired) electrons. The summed E-state index contributed by atoms with van der Waals surface area (Å²) in [6, 6.07) is 14.9. The molecule has 0 heterocycles. The zero-order valence-corrected chi connectivity index (χ0v) is 18.5. The van der Waals surface area contributed by atoms with E-state index in [1.54, 1.807) is 7.05 Å². The highest BCUT2D eigenvalue weighted by Crippen LogP contribution is 2.30. The number of sulfonamides is 1. The first-order chi connectivity index (χ1) is 14.8. The van der Waals surface area contributed by atoms with E-state index in [0.29, 0.717) is 25.7 Å². The Morgan fingerprint density at radius 2 is 1.68 bits per heavy atom. The van der Waals surface area contributed by atoms with Gasteiger partial charge in [0, 0.05) is 13.1 Å². The van der Waals surface area contributed by atoms with Crippen LogP contribution in [0.3, 0.4) is 0 Å². The SMILES string of the molecule is COC(=O)C1CCC(N(C)S(=O)(=O)c2cccc(C(=O)OCc3ccccc3)c2)CC1. The third-order valence-corrected chi connectivity index (χ3v) is 7.61. The molecule has 2 aromatic carbocycles. The van der Waals surface area contributed by atoms with Gasteiger partial charge in [0.15, 0.2) is 0 Å². The highest BCUT2D eigenvalue weighted by molar-refractivity contribution is 7.89. The molecule has 0 N–H and O–H groups in total. The van der Waals surface area contributed by atoms with Gasteiger partial charge in [-0.3, -0.25) is 4.79 Å². The number of carbonyl (C=O) groups is 2. The van der Waals surface area contributed by atoms with Gasteiger partial charge in [0.05, 0.1) is 23.5 Å². The van der Waals surface area contributed by atoms with Crippen LogP contribution in [0.5, 0.6) is 0 Å². The second-order valence-corrected chi connectivity index (χ2v) is 9.64. The van der Waals surface area contributed by atoms with Crippen molar-refractivity contribution in [2.75, 3.05) is 14.2 Å². The van der Waals surface area contributed by atoms with E-state index >= 15 is 0 Å². The fraction of sp³-hybridized carbons (Fsp3) is 0.391. The van der Waals surface area contributed by atoms with Gasteiger partial charge in [-0.1, -0.05) is 36.4 Å². The van der Waals surface area contributed by atoms with Gasteiger partial charge in [-0.25, -0.2) is 13.2 Å². The fourth-order valence-electron chi connectivity index (χ4n) is 3.79. The van der Waals surface area contributed by atoms with E-state index in [9.17, 15) is 18.0 Å². The minimum Gasteiger partial charge on any atom is -0.469 e. The Bertz CT molecular complexity index is 1010.